The van der Waals surface area contributed by atoms with Gasteiger partial charge in [0, 0.05) is 16.6 Å². The number of hydrogen-bond acceptors (Lipinski definition) is 1. The van der Waals surface area contributed by atoms with Gasteiger partial charge in [-0.25, -0.2) is 0 Å². The maximum absolute atomic E-state index is 12.0. The Kier molecular flexibility index (Phi) is 4.74. The average Bonchev–Trinajstić information content (AvgIpc) is 2.39. The van der Waals surface area contributed by atoms with E-state index in [0.29, 0.717) is 6.54 Å². The molecule has 2 nitrogen and oxygen atoms in total. The van der Waals surface area contributed by atoms with Gasteiger partial charge in [0.2, 0.25) is 0 Å². The molecule has 2 rings (SSSR count). The third kappa shape index (κ3) is 3.93. The Bertz CT molecular complexity index is 580. The maximum atomic E-state index is 12.0. The zero-order valence-corrected chi connectivity index (χ0v) is 12.4. The molecule has 0 spiro atoms. The van der Waals surface area contributed by atoms with Crippen LogP contribution in [0.2, 0.25) is 0 Å². The average molecular weight is 318 g/mol. The highest BCUT2D eigenvalue weighted by Crippen LogP contribution is 2.12. The zero-order chi connectivity index (χ0) is 13.7. The number of rotatable bonds is 4. The second-order valence-corrected chi connectivity index (χ2v) is 5.37. The fourth-order valence-electron chi connectivity index (χ4n) is 1.94. The van der Waals surface area contributed by atoms with Crippen molar-refractivity contribution < 1.29 is 4.79 Å². The summed E-state index contributed by atoms with van der Waals surface area (Å²) < 4.78 is 1.07. The minimum absolute atomic E-state index is 0.00639. The summed E-state index contributed by atoms with van der Waals surface area (Å²) in [5.74, 6) is -0.00639. The van der Waals surface area contributed by atoms with E-state index < -0.39 is 0 Å². The number of aryl methyl sites for hydroxylation is 1. The summed E-state index contributed by atoms with van der Waals surface area (Å²) >= 11 is 3.44. The second kappa shape index (κ2) is 6.53. The highest BCUT2D eigenvalue weighted by atomic mass is 79.9. The van der Waals surface area contributed by atoms with E-state index in [-0.39, 0.29) is 5.91 Å². The van der Waals surface area contributed by atoms with Crippen LogP contribution in [0.5, 0.6) is 0 Å². The molecule has 0 aliphatic rings. The van der Waals surface area contributed by atoms with E-state index in [9.17, 15) is 4.79 Å². The molecule has 1 amide bonds. The van der Waals surface area contributed by atoms with Crippen molar-refractivity contribution in [3.05, 3.63) is 69.7 Å². The predicted molar refractivity (Wildman–Crippen MR) is 81.4 cm³/mol. The molecule has 0 aliphatic heterocycles. The van der Waals surface area contributed by atoms with E-state index in [1.54, 1.807) is 0 Å². The Hall–Kier alpha value is -1.61. The van der Waals surface area contributed by atoms with Crippen molar-refractivity contribution in [1.29, 1.82) is 0 Å². The largest absolute Gasteiger partial charge is 0.352 e. The quantitative estimate of drug-likeness (QED) is 0.914. The molecule has 3 heteroatoms. The summed E-state index contributed by atoms with van der Waals surface area (Å²) in [6, 6.07) is 15.7. The van der Waals surface area contributed by atoms with E-state index in [2.05, 4.69) is 33.4 Å². The number of amides is 1. The zero-order valence-electron chi connectivity index (χ0n) is 10.8. The van der Waals surface area contributed by atoms with Crippen LogP contribution in [0.25, 0.3) is 0 Å². The summed E-state index contributed by atoms with van der Waals surface area (Å²) in [6.45, 7) is 2.59. The third-order valence-electron chi connectivity index (χ3n) is 2.98. The summed E-state index contributed by atoms with van der Waals surface area (Å²) in [4.78, 5) is 12.0. The molecule has 0 saturated heterocycles. The van der Waals surface area contributed by atoms with Gasteiger partial charge in [-0.3, -0.25) is 4.79 Å². The van der Waals surface area contributed by atoms with Crippen LogP contribution < -0.4 is 5.32 Å². The topological polar surface area (TPSA) is 29.1 Å². The Morgan fingerprint density at radius 2 is 1.95 bits per heavy atom. The molecular weight excluding hydrogens is 302 g/mol. The van der Waals surface area contributed by atoms with E-state index in [4.69, 9.17) is 0 Å². The van der Waals surface area contributed by atoms with Crippen LogP contribution in [0.1, 0.15) is 21.5 Å². The van der Waals surface area contributed by atoms with Crippen molar-refractivity contribution >= 4 is 21.8 Å². The molecule has 0 aliphatic carbocycles. The first-order valence-corrected chi connectivity index (χ1v) is 7.04. The fraction of sp³-hybridized carbons (Fsp3) is 0.188. The first-order valence-electron chi connectivity index (χ1n) is 6.25. The minimum atomic E-state index is -0.00639. The van der Waals surface area contributed by atoms with Crippen LogP contribution >= 0.6 is 15.9 Å². The molecular formula is C16H16BrNO. The van der Waals surface area contributed by atoms with Crippen molar-refractivity contribution in [3.8, 4) is 0 Å². The highest BCUT2D eigenvalue weighted by molar-refractivity contribution is 9.10. The van der Waals surface area contributed by atoms with Gasteiger partial charge in [-0.05, 0) is 42.7 Å². The summed E-state index contributed by atoms with van der Waals surface area (Å²) in [5.41, 5.74) is 2.96. The number of benzene rings is 2. The van der Waals surface area contributed by atoms with Gasteiger partial charge in [-0.1, -0.05) is 46.3 Å². The van der Waals surface area contributed by atoms with Crippen molar-refractivity contribution in [2.24, 2.45) is 0 Å². The highest BCUT2D eigenvalue weighted by Gasteiger charge is 2.06. The summed E-state index contributed by atoms with van der Waals surface area (Å²) in [6.07, 6.45) is 0.830. The van der Waals surface area contributed by atoms with E-state index >= 15 is 0 Å². The smallest absolute Gasteiger partial charge is 0.251 e. The fourth-order valence-corrected chi connectivity index (χ4v) is 2.38. The maximum Gasteiger partial charge on any atom is 0.251 e. The normalized spacial score (nSPS) is 10.2. The Morgan fingerprint density at radius 3 is 2.68 bits per heavy atom. The molecule has 0 heterocycles. The van der Waals surface area contributed by atoms with Crippen molar-refractivity contribution in [3.63, 3.8) is 0 Å². The van der Waals surface area contributed by atoms with Gasteiger partial charge in [0.05, 0.1) is 0 Å². The molecule has 1 N–H and O–H groups in total. The predicted octanol–water partition coefficient (Wildman–Crippen LogP) is 3.73. The van der Waals surface area contributed by atoms with Gasteiger partial charge in [-0.15, -0.1) is 0 Å². The molecule has 0 aromatic heterocycles. The van der Waals surface area contributed by atoms with Crippen LogP contribution in [-0.2, 0) is 6.42 Å². The van der Waals surface area contributed by atoms with Crippen LogP contribution in [-0.4, -0.2) is 12.5 Å². The van der Waals surface area contributed by atoms with Gasteiger partial charge < -0.3 is 5.32 Å². The lowest BCUT2D eigenvalue weighted by atomic mass is 10.1. The van der Waals surface area contributed by atoms with Gasteiger partial charge in [0.25, 0.3) is 5.91 Å². The monoisotopic (exact) mass is 317 g/mol. The van der Waals surface area contributed by atoms with Gasteiger partial charge >= 0.3 is 0 Å². The number of carbonyl (C=O) groups excluding carboxylic acids is 1. The molecule has 0 bridgehead atoms. The van der Waals surface area contributed by atoms with Crippen molar-refractivity contribution in [1.82, 2.24) is 5.32 Å². The minimum Gasteiger partial charge on any atom is -0.352 e. The first kappa shape index (κ1) is 13.8. The molecule has 0 radical (unpaired) electrons. The molecule has 19 heavy (non-hydrogen) atoms. The van der Waals surface area contributed by atoms with E-state index in [1.165, 1.54) is 5.56 Å². The summed E-state index contributed by atoms with van der Waals surface area (Å²) in [5, 5.41) is 2.95. The molecule has 0 atom stereocenters. The number of nitrogens with one attached hydrogen (secondary N) is 1. The third-order valence-corrected chi connectivity index (χ3v) is 3.47. The van der Waals surface area contributed by atoms with Gasteiger partial charge in [0.1, 0.15) is 0 Å². The molecule has 0 saturated carbocycles. The second-order valence-electron chi connectivity index (χ2n) is 4.45. The van der Waals surface area contributed by atoms with Crippen LogP contribution in [0.3, 0.4) is 0 Å². The standard InChI is InChI=1S/C16H16BrNO/c1-12-5-2-3-8-15(12)16(19)18-10-9-13-6-4-7-14(17)11-13/h2-8,11H,9-10H2,1H3,(H,18,19). The molecule has 0 fully saturated rings. The van der Waals surface area contributed by atoms with E-state index in [0.717, 1.165) is 22.0 Å². The molecule has 0 unspecified atom stereocenters. The first-order chi connectivity index (χ1) is 9.16. The Labute approximate surface area is 122 Å². The number of carbonyl (C=O) groups is 1. The van der Waals surface area contributed by atoms with Crippen LogP contribution in [0, 0.1) is 6.92 Å². The van der Waals surface area contributed by atoms with Crippen molar-refractivity contribution in [2.75, 3.05) is 6.54 Å². The van der Waals surface area contributed by atoms with E-state index in [1.807, 2.05) is 43.3 Å². The molecule has 98 valence electrons. The Morgan fingerprint density at radius 1 is 1.16 bits per heavy atom. The van der Waals surface area contributed by atoms with Gasteiger partial charge in [0.15, 0.2) is 0 Å². The van der Waals surface area contributed by atoms with Crippen molar-refractivity contribution in [2.45, 2.75) is 13.3 Å². The number of hydrogen-bond donors (Lipinski definition) is 1. The lowest BCUT2D eigenvalue weighted by Crippen LogP contribution is -2.26. The summed E-state index contributed by atoms with van der Waals surface area (Å²) in [7, 11) is 0. The molecule has 2 aromatic rings. The van der Waals surface area contributed by atoms with Gasteiger partial charge in [-0.2, -0.15) is 0 Å². The van der Waals surface area contributed by atoms with Crippen LogP contribution in [0.15, 0.2) is 53.0 Å². The lowest BCUT2D eigenvalue weighted by Gasteiger charge is -2.07. The molecule has 2 aromatic carbocycles. The lowest BCUT2D eigenvalue weighted by molar-refractivity contribution is 0.0953. The Balaban J connectivity index is 1.90. The SMILES string of the molecule is Cc1ccccc1C(=O)NCCc1cccc(Br)c1. The number of halogens is 1. The van der Waals surface area contributed by atoms with Crippen LogP contribution in [0.4, 0.5) is 0 Å².